The number of thioether (sulfide) groups is 1. The average molecular weight is 392 g/mol. The molecule has 2 aliphatic heterocycles. The van der Waals surface area contributed by atoms with E-state index in [0.29, 0.717) is 27.3 Å². The van der Waals surface area contributed by atoms with Gasteiger partial charge >= 0.3 is 0 Å². The van der Waals surface area contributed by atoms with Crippen molar-refractivity contribution in [1.82, 2.24) is 4.90 Å². The number of hydrogen-bond donors (Lipinski definition) is 0. The lowest BCUT2D eigenvalue weighted by Gasteiger charge is -2.35. The highest BCUT2D eigenvalue weighted by Crippen LogP contribution is 2.38. The van der Waals surface area contributed by atoms with Gasteiger partial charge in [0.15, 0.2) is 16.7 Å². The van der Waals surface area contributed by atoms with Crippen LogP contribution in [0.5, 0.6) is 17.2 Å². The lowest BCUT2D eigenvalue weighted by atomic mass is 10.1. The third-order valence-corrected chi connectivity index (χ3v) is 5.37. The molecule has 3 rings (SSSR count). The van der Waals surface area contributed by atoms with Gasteiger partial charge in [0.2, 0.25) is 0 Å². The molecule has 7 nitrogen and oxygen atoms in total. The maximum Gasteiger partial charge on any atom is 0.286 e. The van der Waals surface area contributed by atoms with Crippen LogP contribution in [0.25, 0.3) is 6.08 Å². The van der Waals surface area contributed by atoms with Gasteiger partial charge in [-0.25, -0.2) is 0 Å². The van der Waals surface area contributed by atoms with Crippen LogP contribution < -0.4 is 14.2 Å². The van der Waals surface area contributed by atoms with Crippen LogP contribution in [0.4, 0.5) is 0 Å². The molecule has 1 aromatic rings. The molecule has 0 unspecified atom stereocenters. The number of nitrogens with zero attached hydrogens (tertiary/aromatic N) is 2. The van der Waals surface area contributed by atoms with Crippen LogP contribution in [-0.2, 0) is 9.53 Å². The molecule has 27 heavy (non-hydrogen) atoms. The average Bonchev–Trinajstić information content (AvgIpc) is 3.01. The smallest absolute Gasteiger partial charge is 0.286 e. The molecular weight excluding hydrogens is 368 g/mol. The summed E-state index contributed by atoms with van der Waals surface area (Å²) in [4.78, 5) is 19.3. The van der Waals surface area contributed by atoms with Crippen LogP contribution in [0.3, 0.4) is 0 Å². The molecule has 0 saturated carbocycles. The third kappa shape index (κ3) is 4.22. The fourth-order valence-corrected chi connectivity index (χ4v) is 4.10. The van der Waals surface area contributed by atoms with E-state index in [2.05, 4.69) is 9.89 Å². The molecule has 0 radical (unpaired) electrons. The second-order valence-electron chi connectivity index (χ2n) is 6.42. The maximum atomic E-state index is 12.4. The Balaban J connectivity index is 1.86. The Kier molecular flexibility index (Phi) is 5.96. The summed E-state index contributed by atoms with van der Waals surface area (Å²) in [6, 6.07) is 3.53. The summed E-state index contributed by atoms with van der Waals surface area (Å²) < 4.78 is 21.9. The fraction of sp³-hybridized carbons (Fsp3) is 0.474. The largest absolute Gasteiger partial charge is 0.496 e. The number of amides is 1. The van der Waals surface area contributed by atoms with Gasteiger partial charge in [0, 0.05) is 24.7 Å². The summed E-state index contributed by atoms with van der Waals surface area (Å²) in [5.41, 5.74) is 0.728. The van der Waals surface area contributed by atoms with Gasteiger partial charge in [-0.2, -0.15) is 4.99 Å². The van der Waals surface area contributed by atoms with Gasteiger partial charge in [-0.05, 0) is 37.8 Å². The zero-order chi connectivity index (χ0) is 19.6. The predicted molar refractivity (Wildman–Crippen MR) is 106 cm³/mol. The number of rotatable bonds is 4. The van der Waals surface area contributed by atoms with Crippen LogP contribution in [0.15, 0.2) is 22.0 Å². The fourth-order valence-electron chi connectivity index (χ4n) is 3.17. The highest BCUT2D eigenvalue weighted by atomic mass is 32.2. The van der Waals surface area contributed by atoms with Gasteiger partial charge in [0.25, 0.3) is 5.91 Å². The summed E-state index contributed by atoms with van der Waals surface area (Å²) in [7, 11) is 4.71. The van der Waals surface area contributed by atoms with E-state index in [1.807, 2.05) is 13.8 Å². The first-order valence-electron chi connectivity index (χ1n) is 8.68. The van der Waals surface area contributed by atoms with E-state index < -0.39 is 0 Å². The van der Waals surface area contributed by atoms with Crippen LogP contribution in [0.1, 0.15) is 19.4 Å². The zero-order valence-electron chi connectivity index (χ0n) is 16.1. The molecule has 0 N–H and O–H groups in total. The number of morpholine rings is 1. The van der Waals surface area contributed by atoms with Crippen LogP contribution >= 0.6 is 11.8 Å². The number of ether oxygens (including phenoxy) is 4. The third-order valence-electron chi connectivity index (χ3n) is 4.32. The summed E-state index contributed by atoms with van der Waals surface area (Å²) >= 11 is 1.37. The van der Waals surface area contributed by atoms with Crippen molar-refractivity contribution >= 4 is 28.9 Å². The molecular formula is C19H24N2O5S. The molecule has 146 valence electrons. The lowest BCUT2D eigenvalue weighted by molar-refractivity contribution is -0.113. The summed E-state index contributed by atoms with van der Waals surface area (Å²) in [6.07, 6.45) is 1.98. The SMILES string of the molecule is COc1cc(OC)c(OC)cc1/C=C1\SC(N2C[C@@H](C)O[C@@H](C)C2)=NC1=O. The van der Waals surface area contributed by atoms with Crippen molar-refractivity contribution in [3.63, 3.8) is 0 Å². The van der Waals surface area contributed by atoms with Gasteiger partial charge in [-0.15, -0.1) is 0 Å². The van der Waals surface area contributed by atoms with E-state index in [9.17, 15) is 4.79 Å². The van der Waals surface area contributed by atoms with Gasteiger partial charge < -0.3 is 23.8 Å². The Bertz CT molecular complexity index is 783. The molecule has 0 bridgehead atoms. The minimum Gasteiger partial charge on any atom is -0.496 e. The number of aliphatic imine (C=N–C) groups is 1. The van der Waals surface area contributed by atoms with E-state index in [0.717, 1.165) is 18.7 Å². The lowest BCUT2D eigenvalue weighted by Crippen LogP contribution is -2.47. The summed E-state index contributed by atoms with van der Waals surface area (Å²) in [6.45, 7) is 5.48. The first-order valence-corrected chi connectivity index (χ1v) is 9.49. The summed E-state index contributed by atoms with van der Waals surface area (Å²) in [5, 5.41) is 0.715. The molecule has 1 saturated heterocycles. The van der Waals surface area contributed by atoms with Crippen LogP contribution in [-0.4, -0.2) is 62.6 Å². The quantitative estimate of drug-likeness (QED) is 0.730. The van der Waals surface area contributed by atoms with Gasteiger partial charge in [0.05, 0.1) is 38.4 Å². The molecule has 2 heterocycles. The predicted octanol–water partition coefficient (Wildman–Crippen LogP) is 2.79. The normalized spacial score (nSPS) is 24.2. The minimum atomic E-state index is -0.251. The molecule has 2 aliphatic rings. The van der Waals surface area contributed by atoms with E-state index in [4.69, 9.17) is 18.9 Å². The van der Waals surface area contributed by atoms with Crippen molar-refractivity contribution in [2.45, 2.75) is 26.1 Å². The van der Waals surface area contributed by atoms with E-state index in [1.54, 1.807) is 39.5 Å². The maximum absolute atomic E-state index is 12.4. The standard InChI is InChI=1S/C19H24N2O5S/c1-11-9-21(10-12(2)26-11)19-20-18(22)17(27-19)7-13-6-15(24-4)16(25-5)8-14(13)23-3/h6-8,11-12H,9-10H2,1-5H3/b17-7-/t11-,12+. The first kappa shape index (κ1) is 19.6. The number of amidine groups is 1. The minimum absolute atomic E-state index is 0.103. The molecule has 1 amide bonds. The Hall–Kier alpha value is -2.19. The van der Waals surface area contributed by atoms with E-state index in [1.165, 1.54) is 11.8 Å². The first-order chi connectivity index (χ1) is 12.9. The number of methoxy groups -OCH3 is 3. The highest BCUT2D eigenvalue weighted by Gasteiger charge is 2.31. The number of hydrogen-bond acceptors (Lipinski definition) is 7. The van der Waals surface area contributed by atoms with E-state index in [-0.39, 0.29) is 18.1 Å². The van der Waals surface area contributed by atoms with E-state index >= 15 is 0 Å². The van der Waals surface area contributed by atoms with Gasteiger partial charge in [-0.3, -0.25) is 4.79 Å². The van der Waals surface area contributed by atoms with Crippen molar-refractivity contribution in [3.05, 3.63) is 22.6 Å². The topological polar surface area (TPSA) is 69.6 Å². The van der Waals surface area contributed by atoms with Crippen LogP contribution in [0.2, 0.25) is 0 Å². The molecule has 0 spiro atoms. The van der Waals surface area contributed by atoms with Crippen molar-refractivity contribution in [3.8, 4) is 17.2 Å². The van der Waals surface area contributed by atoms with Gasteiger partial charge in [-0.1, -0.05) is 0 Å². The van der Waals surface area contributed by atoms with Crippen molar-refractivity contribution in [2.75, 3.05) is 34.4 Å². The monoisotopic (exact) mass is 392 g/mol. The zero-order valence-corrected chi connectivity index (χ0v) is 17.0. The highest BCUT2D eigenvalue weighted by molar-refractivity contribution is 8.18. The Morgan fingerprint density at radius 2 is 1.67 bits per heavy atom. The molecule has 0 aliphatic carbocycles. The van der Waals surface area contributed by atoms with Crippen LogP contribution in [0, 0.1) is 0 Å². The van der Waals surface area contributed by atoms with Crippen molar-refractivity contribution in [2.24, 2.45) is 4.99 Å². The molecule has 8 heteroatoms. The number of benzene rings is 1. The molecule has 1 aromatic carbocycles. The van der Waals surface area contributed by atoms with Crippen molar-refractivity contribution in [1.29, 1.82) is 0 Å². The second-order valence-corrected chi connectivity index (χ2v) is 7.43. The number of carbonyl (C=O) groups excluding carboxylic acids is 1. The Labute approximate surface area is 163 Å². The Morgan fingerprint density at radius 3 is 2.26 bits per heavy atom. The van der Waals surface area contributed by atoms with Gasteiger partial charge in [0.1, 0.15) is 5.75 Å². The number of carbonyl (C=O) groups is 1. The Morgan fingerprint density at radius 1 is 1.07 bits per heavy atom. The molecule has 0 aromatic heterocycles. The molecule has 2 atom stereocenters. The molecule has 1 fully saturated rings. The second kappa shape index (κ2) is 8.22. The van der Waals surface area contributed by atoms with Crippen molar-refractivity contribution < 1.29 is 23.7 Å². The summed E-state index contributed by atoms with van der Waals surface area (Å²) in [5.74, 6) is 1.47.